The molecule has 0 bridgehead atoms. The molecule has 1 saturated carbocycles. The SMILES string of the molecule is C=C(C)CCN1C[C@H]2CCCC[C@H]21. The van der Waals surface area contributed by atoms with Crippen LogP contribution in [-0.4, -0.2) is 24.0 Å². The monoisotopic (exact) mass is 179 g/mol. The van der Waals surface area contributed by atoms with Gasteiger partial charge in [0.15, 0.2) is 0 Å². The first-order valence-electron chi connectivity index (χ1n) is 5.66. The Labute approximate surface area is 81.8 Å². The molecule has 0 unspecified atom stereocenters. The molecule has 0 amide bonds. The molecule has 0 N–H and O–H groups in total. The second-order valence-electron chi connectivity index (χ2n) is 4.81. The van der Waals surface area contributed by atoms with Gasteiger partial charge in [-0.25, -0.2) is 0 Å². The molecule has 1 aliphatic heterocycles. The molecule has 1 aliphatic carbocycles. The van der Waals surface area contributed by atoms with E-state index in [1.54, 1.807) is 0 Å². The zero-order valence-electron chi connectivity index (χ0n) is 8.76. The Morgan fingerprint density at radius 1 is 1.38 bits per heavy atom. The molecule has 0 spiro atoms. The van der Waals surface area contributed by atoms with Crippen LogP contribution in [0.15, 0.2) is 12.2 Å². The third-order valence-corrected chi connectivity index (χ3v) is 3.63. The van der Waals surface area contributed by atoms with E-state index in [9.17, 15) is 0 Å². The summed E-state index contributed by atoms with van der Waals surface area (Å²) in [6.45, 7) is 8.73. The van der Waals surface area contributed by atoms with Gasteiger partial charge in [-0.05, 0) is 32.1 Å². The lowest BCUT2D eigenvalue weighted by Crippen LogP contribution is -2.57. The summed E-state index contributed by atoms with van der Waals surface area (Å²) in [5.41, 5.74) is 1.33. The summed E-state index contributed by atoms with van der Waals surface area (Å²) in [6, 6.07) is 0.952. The quantitative estimate of drug-likeness (QED) is 0.602. The average molecular weight is 179 g/mol. The molecular formula is C12H21N. The maximum absolute atomic E-state index is 3.96. The molecule has 0 aromatic heterocycles. The normalized spacial score (nSPS) is 33.6. The Morgan fingerprint density at radius 3 is 2.85 bits per heavy atom. The molecule has 74 valence electrons. The first-order valence-corrected chi connectivity index (χ1v) is 5.66. The summed E-state index contributed by atoms with van der Waals surface area (Å²) >= 11 is 0. The van der Waals surface area contributed by atoms with Crippen LogP contribution in [0.1, 0.15) is 39.0 Å². The van der Waals surface area contributed by atoms with E-state index in [1.165, 1.54) is 50.8 Å². The van der Waals surface area contributed by atoms with Gasteiger partial charge < -0.3 is 0 Å². The number of hydrogen-bond donors (Lipinski definition) is 0. The molecular weight excluding hydrogens is 158 g/mol. The summed E-state index contributed by atoms with van der Waals surface area (Å²) in [5.74, 6) is 1.05. The minimum absolute atomic E-state index is 0.952. The van der Waals surface area contributed by atoms with Gasteiger partial charge >= 0.3 is 0 Å². The van der Waals surface area contributed by atoms with Crippen LogP contribution < -0.4 is 0 Å². The van der Waals surface area contributed by atoms with Crippen molar-refractivity contribution in [3.8, 4) is 0 Å². The fourth-order valence-corrected chi connectivity index (χ4v) is 2.77. The topological polar surface area (TPSA) is 3.24 Å². The standard InChI is InChI=1S/C12H21N/c1-10(2)7-8-13-9-11-5-3-4-6-12(11)13/h11-12H,1,3-9H2,2H3/t11-,12-/m1/s1. The smallest absolute Gasteiger partial charge is 0.0136 e. The van der Waals surface area contributed by atoms with Gasteiger partial charge in [0.2, 0.25) is 0 Å². The van der Waals surface area contributed by atoms with Crippen molar-refractivity contribution in [2.45, 2.75) is 45.1 Å². The lowest BCUT2D eigenvalue weighted by Gasteiger charge is -2.51. The average Bonchev–Trinajstić information content (AvgIpc) is 2.06. The lowest BCUT2D eigenvalue weighted by molar-refractivity contribution is -0.0129. The van der Waals surface area contributed by atoms with Crippen molar-refractivity contribution in [1.82, 2.24) is 4.90 Å². The first-order chi connectivity index (χ1) is 6.27. The highest BCUT2D eigenvalue weighted by Gasteiger charge is 2.39. The van der Waals surface area contributed by atoms with E-state index in [0.717, 1.165) is 12.0 Å². The number of rotatable bonds is 3. The van der Waals surface area contributed by atoms with Crippen molar-refractivity contribution in [3.63, 3.8) is 0 Å². The van der Waals surface area contributed by atoms with Crippen LogP contribution in [0.5, 0.6) is 0 Å². The maximum Gasteiger partial charge on any atom is 0.0136 e. The molecule has 2 rings (SSSR count). The number of hydrogen-bond acceptors (Lipinski definition) is 1. The zero-order valence-corrected chi connectivity index (χ0v) is 8.76. The van der Waals surface area contributed by atoms with Crippen LogP contribution in [0.25, 0.3) is 0 Å². The van der Waals surface area contributed by atoms with E-state index >= 15 is 0 Å². The van der Waals surface area contributed by atoms with Crippen molar-refractivity contribution >= 4 is 0 Å². The second kappa shape index (κ2) is 3.83. The van der Waals surface area contributed by atoms with Gasteiger partial charge in [0.05, 0.1) is 0 Å². The molecule has 0 aromatic rings. The molecule has 2 atom stereocenters. The highest BCUT2D eigenvalue weighted by Crippen LogP contribution is 2.37. The summed E-state index contributed by atoms with van der Waals surface area (Å²) in [4.78, 5) is 2.67. The Morgan fingerprint density at radius 2 is 2.15 bits per heavy atom. The number of nitrogens with zero attached hydrogens (tertiary/aromatic N) is 1. The Balaban J connectivity index is 1.74. The van der Waals surface area contributed by atoms with E-state index in [1.807, 2.05) is 0 Å². The van der Waals surface area contributed by atoms with Gasteiger partial charge in [-0.2, -0.15) is 0 Å². The Hall–Kier alpha value is -0.300. The fraction of sp³-hybridized carbons (Fsp3) is 0.833. The predicted molar refractivity (Wildman–Crippen MR) is 56.8 cm³/mol. The first kappa shape index (κ1) is 9.26. The summed E-state index contributed by atoms with van der Waals surface area (Å²) in [6.07, 6.45) is 7.10. The fourth-order valence-electron chi connectivity index (χ4n) is 2.77. The Bertz CT molecular complexity index is 197. The summed E-state index contributed by atoms with van der Waals surface area (Å²) in [7, 11) is 0. The predicted octanol–water partition coefficient (Wildman–Crippen LogP) is 2.83. The molecule has 0 aromatic carbocycles. The van der Waals surface area contributed by atoms with Crippen LogP contribution in [-0.2, 0) is 0 Å². The third kappa shape index (κ3) is 1.96. The zero-order chi connectivity index (χ0) is 9.26. The van der Waals surface area contributed by atoms with Crippen LogP contribution in [0.3, 0.4) is 0 Å². The van der Waals surface area contributed by atoms with Crippen LogP contribution >= 0.6 is 0 Å². The van der Waals surface area contributed by atoms with E-state index in [2.05, 4.69) is 18.4 Å². The largest absolute Gasteiger partial charge is 0.299 e. The van der Waals surface area contributed by atoms with Crippen LogP contribution in [0, 0.1) is 5.92 Å². The van der Waals surface area contributed by atoms with Crippen molar-refractivity contribution in [1.29, 1.82) is 0 Å². The molecule has 1 saturated heterocycles. The highest BCUT2D eigenvalue weighted by atomic mass is 15.2. The van der Waals surface area contributed by atoms with Crippen LogP contribution in [0.4, 0.5) is 0 Å². The molecule has 13 heavy (non-hydrogen) atoms. The van der Waals surface area contributed by atoms with Gasteiger partial charge in [0, 0.05) is 19.1 Å². The van der Waals surface area contributed by atoms with Crippen LogP contribution in [0.2, 0.25) is 0 Å². The minimum atomic E-state index is 0.952. The van der Waals surface area contributed by atoms with Gasteiger partial charge in [-0.1, -0.05) is 18.4 Å². The Kier molecular flexibility index (Phi) is 2.73. The van der Waals surface area contributed by atoms with Gasteiger partial charge in [-0.15, -0.1) is 6.58 Å². The second-order valence-corrected chi connectivity index (χ2v) is 4.81. The van der Waals surface area contributed by atoms with E-state index < -0.39 is 0 Å². The van der Waals surface area contributed by atoms with Crippen molar-refractivity contribution in [2.24, 2.45) is 5.92 Å². The van der Waals surface area contributed by atoms with Gasteiger partial charge in [-0.3, -0.25) is 4.90 Å². The number of fused-ring (bicyclic) bond motifs is 1. The number of likely N-dealkylation sites (tertiary alicyclic amines) is 1. The van der Waals surface area contributed by atoms with E-state index in [4.69, 9.17) is 0 Å². The summed E-state index contributed by atoms with van der Waals surface area (Å²) in [5, 5.41) is 0. The highest BCUT2D eigenvalue weighted by molar-refractivity contribution is 4.97. The molecule has 2 fully saturated rings. The van der Waals surface area contributed by atoms with E-state index in [-0.39, 0.29) is 0 Å². The van der Waals surface area contributed by atoms with Gasteiger partial charge in [0.1, 0.15) is 0 Å². The third-order valence-electron chi connectivity index (χ3n) is 3.63. The molecule has 1 nitrogen and oxygen atoms in total. The van der Waals surface area contributed by atoms with Gasteiger partial charge in [0.25, 0.3) is 0 Å². The lowest BCUT2D eigenvalue weighted by atomic mass is 9.77. The van der Waals surface area contributed by atoms with Crippen molar-refractivity contribution < 1.29 is 0 Å². The molecule has 0 radical (unpaired) electrons. The van der Waals surface area contributed by atoms with Crippen molar-refractivity contribution in [3.05, 3.63) is 12.2 Å². The van der Waals surface area contributed by atoms with Crippen molar-refractivity contribution in [2.75, 3.05) is 13.1 Å². The summed E-state index contributed by atoms with van der Waals surface area (Å²) < 4.78 is 0. The van der Waals surface area contributed by atoms with E-state index in [0.29, 0.717) is 0 Å². The maximum atomic E-state index is 3.96. The molecule has 1 heterocycles. The molecule has 1 heteroatoms. The minimum Gasteiger partial charge on any atom is -0.299 e. The molecule has 2 aliphatic rings.